The second kappa shape index (κ2) is 5.75. The molecule has 1 saturated carbocycles. The summed E-state index contributed by atoms with van der Waals surface area (Å²) in [4.78, 5) is 18.6. The van der Waals surface area contributed by atoms with Crippen molar-refractivity contribution in [2.45, 2.75) is 37.9 Å². The fourth-order valence-corrected chi connectivity index (χ4v) is 3.23. The molecule has 5 nitrogen and oxygen atoms in total. The molecule has 0 spiro atoms. The van der Waals surface area contributed by atoms with Crippen molar-refractivity contribution in [2.75, 3.05) is 5.32 Å². The molecule has 0 bridgehead atoms. The Hall–Kier alpha value is -2.25. The monoisotopic (exact) mass is 326 g/mol. The van der Waals surface area contributed by atoms with E-state index < -0.39 is 24.0 Å². The van der Waals surface area contributed by atoms with Crippen LogP contribution in [-0.4, -0.2) is 28.1 Å². The van der Waals surface area contributed by atoms with E-state index in [9.17, 15) is 18.0 Å². The molecule has 2 aromatic rings. The van der Waals surface area contributed by atoms with Crippen molar-refractivity contribution in [3.05, 3.63) is 24.0 Å². The van der Waals surface area contributed by atoms with Crippen LogP contribution >= 0.6 is 0 Å². The van der Waals surface area contributed by atoms with Gasteiger partial charge in [0.05, 0.1) is 17.2 Å². The van der Waals surface area contributed by atoms with Crippen molar-refractivity contribution >= 4 is 22.6 Å². The lowest BCUT2D eigenvalue weighted by molar-refractivity contribution is -0.184. The van der Waals surface area contributed by atoms with Crippen molar-refractivity contribution in [3.63, 3.8) is 0 Å². The van der Waals surface area contributed by atoms with E-state index in [1.54, 1.807) is 12.3 Å². The summed E-state index contributed by atoms with van der Waals surface area (Å²) < 4.78 is 39.8. The number of rotatable bonds is 3. The van der Waals surface area contributed by atoms with E-state index in [-0.39, 0.29) is 12.0 Å². The van der Waals surface area contributed by atoms with E-state index >= 15 is 0 Å². The van der Waals surface area contributed by atoms with Gasteiger partial charge in [-0.05, 0) is 18.9 Å². The first-order valence-corrected chi connectivity index (χ1v) is 7.47. The highest BCUT2D eigenvalue weighted by Crippen LogP contribution is 2.40. The van der Waals surface area contributed by atoms with Gasteiger partial charge in [-0.3, -0.25) is 4.79 Å². The molecule has 1 fully saturated rings. The Balaban J connectivity index is 2.00. The van der Waals surface area contributed by atoms with E-state index in [1.165, 1.54) is 6.20 Å². The second-order valence-corrected chi connectivity index (χ2v) is 5.83. The first kappa shape index (κ1) is 15.6. The van der Waals surface area contributed by atoms with Crippen LogP contribution in [0.3, 0.4) is 0 Å². The molecule has 0 saturated heterocycles. The standard InChI is InChI=1S/C15H17F3N4O/c16-15(17,18)10-3-1-2-4-11(10)22-12-8-5-6-20-14(8)21-7-9(12)13(19)23/h5-7,10-11H,1-4H2,(H2,19,23)(H2,20,21,22)/t10-,11+/m0/s1. The molecule has 0 aromatic carbocycles. The third-order valence-electron chi connectivity index (χ3n) is 4.37. The molecule has 124 valence electrons. The van der Waals surface area contributed by atoms with Gasteiger partial charge in [0.15, 0.2) is 0 Å². The van der Waals surface area contributed by atoms with E-state index in [1.807, 2.05) is 0 Å². The van der Waals surface area contributed by atoms with Crippen LogP contribution in [0.1, 0.15) is 36.0 Å². The molecule has 1 aliphatic rings. The molecule has 0 aliphatic heterocycles. The van der Waals surface area contributed by atoms with Crippen LogP contribution < -0.4 is 11.1 Å². The van der Waals surface area contributed by atoms with Crippen LogP contribution in [0.2, 0.25) is 0 Å². The Labute approximate surface area is 130 Å². The number of amides is 1. The maximum atomic E-state index is 13.3. The quantitative estimate of drug-likeness (QED) is 0.810. The van der Waals surface area contributed by atoms with Crippen molar-refractivity contribution in [2.24, 2.45) is 11.7 Å². The summed E-state index contributed by atoms with van der Waals surface area (Å²) >= 11 is 0. The van der Waals surface area contributed by atoms with Gasteiger partial charge in [0.2, 0.25) is 0 Å². The minimum absolute atomic E-state index is 0.0917. The van der Waals surface area contributed by atoms with Crippen LogP contribution in [0.5, 0.6) is 0 Å². The molecule has 1 amide bonds. The first-order chi connectivity index (χ1) is 10.9. The number of carbonyl (C=O) groups is 1. The van der Waals surface area contributed by atoms with E-state index in [0.717, 1.165) is 6.42 Å². The number of alkyl halides is 3. The Kier molecular flexibility index (Phi) is 3.91. The number of nitrogens with one attached hydrogen (secondary N) is 2. The minimum atomic E-state index is -4.27. The maximum Gasteiger partial charge on any atom is 0.393 e. The largest absolute Gasteiger partial charge is 0.393 e. The number of primary amides is 1. The molecule has 0 unspecified atom stereocenters. The lowest BCUT2D eigenvalue weighted by atomic mass is 9.83. The predicted molar refractivity (Wildman–Crippen MR) is 80.0 cm³/mol. The Morgan fingerprint density at radius 2 is 2.09 bits per heavy atom. The number of anilines is 1. The number of hydrogen-bond donors (Lipinski definition) is 3. The van der Waals surface area contributed by atoms with E-state index in [2.05, 4.69) is 15.3 Å². The zero-order chi connectivity index (χ0) is 16.6. The van der Waals surface area contributed by atoms with Gasteiger partial charge in [-0.1, -0.05) is 12.8 Å². The average Bonchev–Trinajstić information content (AvgIpc) is 2.95. The number of nitrogens with zero attached hydrogens (tertiary/aromatic N) is 1. The van der Waals surface area contributed by atoms with Crippen LogP contribution in [0.15, 0.2) is 18.5 Å². The van der Waals surface area contributed by atoms with Gasteiger partial charge < -0.3 is 16.0 Å². The summed E-state index contributed by atoms with van der Waals surface area (Å²) in [5, 5.41) is 3.50. The normalized spacial score (nSPS) is 22.2. The number of halogens is 3. The highest BCUT2D eigenvalue weighted by molar-refractivity contribution is 6.05. The smallest absolute Gasteiger partial charge is 0.380 e. The molecule has 3 rings (SSSR count). The van der Waals surface area contributed by atoms with Gasteiger partial charge in [-0.15, -0.1) is 0 Å². The highest BCUT2D eigenvalue weighted by Gasteiger charge is 2.45. The Bertz CT molecular complexity index is 725. The molecule has 0 radical (unpaired) electrons. The van der Waals surface area contributed by atoms with Gasteiger partial charge in [-0.2, -0.15) is 13.2 Å². The fourth-order valence-electron chi connectivity index (χ4n) is 3.23. The molecule has 4 N–H and O–H groups in total. The SMILES string of the molecule is NC(=O)c1cnc2[nH]ccc2c1N[C@@H]1CCCC[C@@H]1C(F)(F)F. The van der Waals surface area contributed by atoms with Gasteiger partial charge >= 0.3 is 6.18 Å². The van der Waals surface area contributed by atoms with Crippen LogP contribution in [0.4, 0.5) is 18.9 Å². The first-order valence-electron chi connectivity index (χ1n) is 7.47. The molecular formula is C15H17F3N4O. The number of nitrogens with two attached hydrogens (primary N) is 1. The second-order valence-electron chi connectivity index (χ2n) is 5.83. The number of carbonyl (C=O) groups excluding carboxylic acids is 1. The van der Waals surface area contributed by atoms with Crippen molar-refractivity contribution < 1.29 is 18.0 Å². The van der Waals surface area contributed by atoms with Crippen molar-refractivity contribution in [3.8, 4) is 0 Å². The third-order valence-corrected chi connectivity index (χ3v) is 4.37. The van der Waals surface area contributed by atoms with Crippen LogP contribution in [-0.2, 0) is 0 Å². The van der Waals surface area contributed by atoms with Crippen molar-refractivity contribution in [1.82, 2.24) is 9.97 Å². The zero-order valence-electron chi connectivity index (χ0n) is 12.3. The summed E-state index contributed by atoms with van der Waals surface area (Å²) in [6.45, 7) is 0. The highest BCUT2D eigenvalue weighted by atomic mass is 19.4. The van der Waals surface area contributed by atoms with E-state index in [0.29, 0.717) is 29.6 Å². The third kappa shape index (κ3) is 2.97. The topological polar surface area (TPSA) is 83.8 Å². The molecule has 2 aromatic heterocycles. The number of hydrogen-bond acceptors (Lipinski definition) is 3. The lowest BCUT2D eigenvalue weighted by Gasteiger charge is -2.34. The summed E-state index contributed by atoms with van der Waals surface area (Å²) in [7, 11) is 0. The number of H-pyrrole nitrogens is 1. The Morgan fingerprint density at radius 3 is 2.78 bits per heavy atom. The lowest BCUT2D eigenvalue weighted by Crippen LogP contribution is -2.41. The molecule has 2 heterocycles. The van der Waals surface area contributed by atoms with Gasteiger partial charge in [-0.25, -0.2) is 4.98 Å². The number of fused-ring (bicyclic) bond motifs is 1. The molecule has 23 heavy (non-hydrogen) atoms. The summed E-state index contributed by atoms with van der Waals surface area (Å²) in [6, 6.07) is 0.894. The van der Waals surface area contributed by atoms with Gasteiger partial charge in [0.25, 0.3) is 5.91 Å². The van der Waals surface area contributed by atoms with Crippen LogP contribution in [0, 0.1) is 5.92 Å². The molecule has 8 heteroatoms. The van der Waals surface area contributed by atoms with Gasteiger partial charge in [0, 0.05) is 23.8 Å². The number of aromatic amines is 1. The summed E-state index contributed by atoms with van der Waals surface area (Å²) in [6.07, 6.45) is 0.406. The average molecular weight is 326 g/mol. The zero-order valence-corrected chi connectivity index (χ0v) is 12.3. The number of pyridine rings is 1. The molecule has 2 atom stereocenters. The van der Waals surface area contributed by atoms with Crippen molar-refractivity contribution in [1.29, 1.82) is 0 Å². The minimum Gasteiger partial charge on any atom is -0.380 e. The van der Waals surface area contributed by atoms with E-state index in [4.69, 9.17) is 5.73 Å². The predicted octanol–water partition coefficient (Wildman–Crippen LogP) is 3.19. The molecule has 1 aliphatic carbocycles. The summed E-state index contributed by atoms with van der Waals surface area (Å²) in [5.41, 5.74) is 6.27. The summed E-state index contributed by atoms with van der Waals surface area (Å²) in [5.74, 6) is -2.15. The Morgan fingerprint density at radius 1 is 1.35 bits per heavy atom. The molecular weight excluding hydrogens is 309 g/mol. The van der Waals surface area contributed by atoms with Crippen LogP contribution in [0.25, 0.3) is 11.0 Å². The fraction of sp³-hybridized carbons (Fsp3) is 0.467. The van der Waals surface area contributed by atoms with Gasteiger partial charge in [0.1, 0.15) is 5.65 Å². The maximum absolute atomic E-state index is 13.3. The number of aromatic nitrogens is 2.